The minimum absolute atomic E-state index is 0.0344. The van der Waals surface area contributed by atoms with Crippen molar-refractivity contribution < 1.29 is 13.9 Å². The Morgan fingerprint density at radius 1 is 1.20 bits per heavy atom. The van der Waals surface area contributed by atoms with Crippen LogP contribution in [0.15, 0.2) is 37.1 Å². The van der Waals surface area contributed by atoms with E-state index >= 15 is 0 Å². The molecule has 3 aromatic rings. The Hall–Kier alpha value is -2.68. The third-order valence-electron chi connectivity index (χ3n) is 4.30. The molecular weight excluding hydrogens is 330 g/mol. The van der Waals surface area contributed by atoms with Crippen LogP contribution >= 0.6 is 0 Å². The van der Waals surface area contributed by atoms with Crippen LogP contribution < -0.4 is 0 Å². The zero-order valence-electron chi connectivity index (χ0n) is 13.3. The van der Waals surface area contributed by atoms with Gasteiger partial charge in [-0.1, -0.05) is 11.3 Å². The van der Waals surface area contributed by atoms with E-state index in [-0.39, 0.29) is 18.7 Å². The van der Waals surface area contributed by atoms with Crippen molar-refractivity contribution in [3.8, 4) is 0 Å². The molecule has 1 aliphatic carbocycles. The molecule has 1 atom stereocenters. The van der Waals surface area contributed by atoms with Gasteiger partial charge in [0.1, 0.15) is 29.9 Å². The predicted molar refractivity (Wildman–Crippen MR) is 82.3 cm³/mol. The Bertz CT molecular complexity index is 877. The molecule has 0 bridgehead atoms. The molecule has 1 N–H and O–H groups in total. The molecule has 4 rings (SSSR count). The molecule has 9 heteroatoms. The van der Waals surface area contributed by atoms with Gasteiger partial charge in [-0.2, -0.15) is 5.10 Å². The molecule has 1 aliphatic rings. The summed E-state index contributed by atoms with van der Waals surface area (Å²) in [5.41, 5.74) is -0.865. The van der Waals surface area contributed by atoms with Crippen molar-refractivity contribution in [1.82, 2.24) is 29.8 Å². The van der Waals surface area contributed by atoms with Crippen molar-refractivity contribution in [2.75, 3.05) is 0 Å². The van der Waals surface area contributed by atoms with Crippen LogP contribution in [0.3, 0.4) is 0 Å². The zero-order chi connectivity index (χ0) is 17.4. The van der Waals surface area contributed by atoms with Crippen LogP contribution in [0.4, 0.5) is 8.78 Å². The molecule has 0 saturated heterocycles. The van der Waals surface area contributed by atoms with Crippen LogP contribution in [0.1, 0.15) is 30.0 Å². The van der Waals surface area contributed by atoms with E-state index in [1.807, 2.05) is 0 Å². The summed E-state index contributed by atoms with van der Waals surface area (Å²) in [4.78, 5) is 3.83. The number of hydrogen-bond acceptors (Lipinski definition) is 5. The molecule has 0 spiro atoms. The van der Waals surface area contributed by atoms with E-state index < -0.39 is 17.2 Å². The standard InChI is InChI=1S/C16H16F2N6O/c17-12-3-4-13(14(18)5-12)16(25,8-24-10-19-9-20-24)7-23-6-15(21-22-23)11-1-2-11/h3-6,9-11,25H,1-2,7-8H2. The Morgan fingerprint density at radius 2 is 2.00 bits per heavy atom. The summed E-state index contributed by atoms with van der Waals surface area (Å²) >= 11 is 0. The Kier molecular flexibility index (Phi) is 3.79. The van der Waals surface area contributed by atoms with E-state index in [1.165, 1.54) is 28.1 Å². The highest BCUT2D eigenvalue weighted by atomic mass is 19.1. The second-order valence-corrected chi connectivity index (χ2v) is 6.36. The van der Waals surface area contributed by atoms with E-state index in [4.69, 9.17) is 0 Å². The van der Waals surface area contributed by atoms with Gasteiger partial charge >= 0.3 is 0 Å². The van der Waals surface area contributed by atoms with Crippen LogP contribution in [0.5, 0.6) is 0 Å². The Balaban J connectivity index is 1.68. The quantitative estimate of drug-likeness (QED) is 0.733. The van der Waals surface area contributed by atoms with Crippen molar-refractivity contribution in [2.24, 2.45) is 0 Å². The highest BCUT2D eigenvalue weighted by molar-refractivity contribution is 5.25. The zero-order valence-corrected chi connectivity index (χ0v) is 13.3. The molecule has 7 nitrogen and oxygen atoms in total. The summed E-state index contributed by atoms with van der Waals surface area (Å²) in [6.45, 7) is -0.108. The molecule has 2 aromatic heterocycles. The smallest absolute Gasteiger partial charge is 0.137 e. The van der Waals surface area contributed by atoms with Crippen LogP contribution in [-0.4, -0.2) is 34.9 Å². The molecule has 0 radical (unpaired) electrons. The number of benzene rings is 1. The van der Waals surface area contributed by atoms with Crippen molar-refractivity contribution in [1.29, 1.82) is 0 Å². The van der Waals surface area contributed by atoms with Gasteiger partial charge in [-0.3, -0.25) is 0 Å². The summed E-state index contributed by atoms with van der Waals surface area (Å²) in [5, 5.41) is 23.3. The second kappa shape index (κ2) is 5.99. The first-order valence-electron chi connectivity index (χ1n) is 7.94. The number of aromatic nitrogens is 6. The molecule has 1 unspecified atom stereocenters. The van der Waals surface area contributed by atoms with Gasteiger partial charge in [0.15, 0.2) is 0 Å². The molecule has 25 heavy (non-hydrogen) atoms. The third-order valence-corrected chi connectivity index (χ3v) is 4.30. The summed E-state index contributed by atoms with van der Waals surface area (Å²) in [6, 6.07) is 3.10. The van der Waals surface area contributed by atoms with Gasteiger partial charge in [0.05, 0.1) is 18.8 Å². The highest BCUT2D eigenvalue weighted by Gasteiger charge is 2.35. The minimum Gasteiger partial charge on any atom is -0.381 e. The lowest BCUT2D eigenvalue weighted by Crippen LogP contribution is -2.37. The molecule has 0 amide bonds. The lowest BCUT2D eigenvalue weighted by atomic mass is 9.93. The first-order valence-corrected chi connectivity index (χ1v) is 7.94. The Labute approximate surface area is 141 Å². The first kappa shape index (κ1) is 15.8. The number of rotatable bonds is 6. The van der Waals surface area contributed by atoms with Crippen LogP contribution in [-0.2, 0) is 18.7 Å². The molecule has 0 aliphatic heterocycles. The van der Waals surface area contributed by atoms with E-state index in [2.05, 4.69) is 20.4 Å². The van der Waals surface area contributed by atoms with Crippen LogP contribution in [0.2, 0.25) is 0 Å². The van der Waals surface area contributed by atoms with E-state index in [9.17, 15) is 13.9 Å². The van der Waals surface area contributed by atoms with Crippen molar-refractivity contribution in [3.05, 3.63) is 59.9 Å². The molecule has 130 valence electrons. The van der Waals surface area contributed by atoms with Crippen molar-refractivity contribution >= 4 is 0 Å². The fraction of sp³-hybridized carbons (Fsp3) is 0.375. The lowest BCUT2D eigenvalue weighted by Gasteiger charge is -2.28. The maximum absolute atomic E-state index is 14.3. The van der Waals surface area contributed by atoms with Gasteiger partial charge in [0.25, 0.3) is 0 Å². The normalized spacial score (nSPS) is 16.8. The molecule has 1 fully saturated rings. The van der Waals surface area contributed by atoms with Gasteiger partial charge in [-0.05, 0) is 18.9 Å². The van der Waals surface area contributed by atoms with Crippen LogP contribution in [0.25, 0.3) is 0 Å². The first-order chi connectivity index (χ1) is 12.0. The molecule has 1 aromatic carbocycles. The van der Waals surface area contributed by atoms with Gasteiger partial charge in [-0.25, -0.2) is 23.1 Å². The van der Waals surface area contributed by atoms with E-state index in [0.717, 1.165) is 30.7 Å². The van der Waals surface area contributed by atoms with Gasteiger partial charge < -0.3 is 5.11 Å². The fourth-order valence-electron chi connectivity index (χ4n) is 2.89. The SMILES string of the molecule is OC(Cn1cncn1)(Cn1cc(C2CC2)nn1)c1ccc(F)cc1F. The lowest BCUT2D eigenvalue weighted by molar-refractivity contribution is -0.00891. The van der Waals surface area contributed by atoms with E-state index in [0.29, 0.717) is 5.92 Å². The van der Waals surface area contributed by atoms with E-state index in [1.54, 1.807) is 6.20 Å². The third kappa shape index (κ3) is 3.27. The topological polar surface area (TPSA) is 81.6 Å². The monoisotopic (exact) mass is 346 g/mol. The summed E-state index contributed by atoms with van der Waals surface area (Å²) < 4.78 is 30.5. The van der Waals surface area contributed by atoms with Gasteiger partial charge in [-0.15, -0.1) is 5.10 Å². The van der Waals surface area contributed by atoms with Crippen molar-refractivity contribution in [2.45, 2.75) is 37.5 Å². The minimum atomic E-state index is -1.69. The van der Waals surface area contributed by atoms with Crippen molar-refractivity contribution in [3.63, 3.8) is 0 Å². The number of hydrogen-bond donors (Lipinski definition) is 1. The van der Waals surface area contributed by atoms with Gasteiger partial charge in [0.2, 0.25) is 0 Å². The number of aliphatic hydroxyl groups is 1. The summed E-state index contributed by atoms with van der Waals surface area (Å²) in [5.74, 6) is -1.12. The maximum Gasteiger partial charge on any atom is 0.137 e. The second-order valence-electron chi connectivity index (χ2n) is 6.36. The average molecular weight is 346 g/mol. The van der Waals surface area contributed by atoms with Gasteiger partial charge in [0, 0.05) is 23.7 Å². The largest absolute Gasteiger partial charge is 0.381 e. The maximum atomic E-state index is 14.3. The summed E-state index contributed by atoms with van der Waals surface area (Å²) in [6.07, 6.45) is 6.65. The predicted octanol–water partition coefficient (Wildman–Crippen LogP) is 1.61. The number of nitrogens with zero attached hydrogens (tertiary/aromatic N) is 6. The molecular formula is C16H16F2N6O. The highest BCUT2D eigenvalue weighted by Crippen LogP contribution is 2.38. The molecule has 1 saturated carbocycles. The fourth-order valence-corrected chi connectivity index (χ4v) is 2.89. The average Bonchev–Trinajstić information content (AvgIpc) is 3.09. The number of halogens is 2. The molecule has 2 heterocycles. The Morgan fingerprint density at radius 3 is 2.68 bits per heavy atom. The van der Waals surface area contributed by atoms with Crippen LogP contribution in [0, 0.1) is 11.6 Å². The summed E-state index contributed by atoms with van der Waals surface area (Å²) in [7, 11) is 0.